The number of hydrogen-bond donors (Lipinski definition) is 2. The second kappa shape index (κ2) is 7.93. The minimum atomic E-state index is 0.0828. The molecule has 4 nitrogen and oxygen atoms in total. The molecule has 0 spiro atoms. The van der Waals surface area contributed by atoms with Gasteiger partial charge in [0.2, 0.25) is 5.91 Å². The zero-order valence-electron chi connectivity index (χ0n) is 13.9. The van der Waals surface area contributed by atoms with E-state index >= 15 is 0 Å². The van der Waals surface area contributed by atoms with Gasteiger partial charge in [0.05, 0.1) is 6.04 Å². The van der Waals surface area contributed by atoms with Crippen molar-refractivity contribution >= 4 is 5.91 Å². The predicted molar refractivity (Wildman–Crippen MR) is 92.9 cm³/mol. The van der Waals surface area contributed by atoms with Gasteiger partial charge in [0.1, 0.15) is 0 Å². The molecule has 1 amide bonds. The van der Waals surface area contributed by atoms with Gasteiger partial charge in [-0.05, 0) is 50.3 Å². The van der Waals surface area contributed by atoms with Crippen LogP contribution in [0.1, 0.15) is 50.1 Å². The lowest BCUT2D eigenvalue weighted by atomic mass is 9.99. The van der Waals surface area contributed by atoms with Crippen LogP contribution in [0, 0.1) is 5.92 Å². The first kappa shape index (κ1) is 16.5. The van der Waals surface area contributed by atoms with Crippen molar-refractivity contribution in [3.8, 4) is 0 Å². The molecule has 3 N–H and O–H groups in total. The fraction of sp³-hybridized carbons (Fsp3) is 0.632. The normalized spacial score (nSPS) is 26.3. The molecule has 0 radical (unpaired) electrons. The predicted octanol–water partition coefficient (Wildman–Crippen LogP) is 2.46. The van der Waals surface area contributed by atoms with Crippen LogP contribution in [0.25, 0.3) is 0 Å². The van der Waals surface area contributed by atoms with Gasteiger partial charge in [-0.3, -0.25) is 4.79 Å². The molecule has 1 heterocycles. The number of amides is 1. The lowest BCUT2D eigenvalue weighted by molar-refractivity contribution is -0.123. The zero-order valence-corrected chi connectivity index (χ0v) is 13.9. The molecule has 1 aliphatic carbocycles. The van der Waals surface area contributed by atoms with Gasteiger partial charge in [-0.15, -0.1) is 0 Å². The molecule has 2 aliphatic rings. The van der Waals surface area contributed by atoms with Gasteiger partial charge in [-0.1, -0.05) is 36.8 Å². The van der Waals surface area contributed by atoms with E-state index in [2.05, 4.69) is 22.3 Å². The number of nitrogens with two attached hydrogens (primary N) is 1. The van der Waals surface area contributed by atoms with Crippen LogP contribution >= 0.6 is 0 Å². The Labute approximate surface area is 139 Å². The summed E-state index contributed by atoms with van der Waals surface area (Å²) < 4.78 is 0. The molecule has 3 atom stereocenters. The number of likely N-dealkylation sites (tertiary alicyclic amines) is 1. The summed E-state index contributed by atoms with van der Waals surface area (Å²) in [5, 5.41) is 3.27. The van der Waals surface area contributed by atoms with Crippen LogP contribution in [0.15, 0.2) is 30.3 Å². The molecule has 0 bridgehead atoms. The van der Waals surface area contributed by atoms with E-state index < -0.39 is 0 Å². The molecule has 4 heteroatoms. The van der Waals surface area contributed by atoms with E-state index in [0.29, 0.717) is 12.3 Å². The van der Waals surface area contributed by atoms with Crippen LogP contribution in [0.2, 0.25) is 0 Å². The zero-order chi connectivity index (χ0) is 16.1. The highest BCUT2D eigenvalue weighted by Crippen LogP contribution is 2.27. The quantitative estimate of drug-likeness (QED) is 0.848. The standard InChI is InChI=1S/C19H29N3O/c20-17-10-6-9-16(17)13-19(23)21-18(14-22-11-4-5-12-22)15-7-2-1-3-8-15/h1-3,7-8,16-18H,4-6,9-14,20H2,(H,21,23)/t16-,17+,18?/m0/s1. The van der Waals surface area contributed by atoms with Gasteiger partial charge in [-0.2, -0.15) is 0 Å². The number of hydrogen-bond acceptors (Lipinski definition) is 3. The number of nitrogens with zero attached hydrogens (tertiary/aromatic N) is 1. The molecular weight excluding hydrogens is 286 g/mol. The van der Waals surface area contributed by atoms with Crippen molar-refractivity contribution in [2.75, 3.05) is 19.6 Å². The van der Waals surface area contributed by atoms with Gasteiger partial charge < -0.3 is 16.0 Å². The highest BCUT2D eigenvalue weighted by Gasteiger charge is 2.27. The molecule has 2 fully saturated rings. The summed E-state index contributed by atoms with van der Waals surface area (Å²) in [6, 6.07) is 10.6. The molecular formula is C19H29N3O. The third kappa shape index (κ3) is 4.55. The van der Waals surface area contributed by atoms with Gasteiger partial charge in [0, 0.05) is 19.0 Å². The second-order valence-electron chi connectivity index (χ2n) is 7.10. The summed E-state index contributed by atoms with van der Waals surface area (Å²) >= 11 is 0. The lowest BCUT2D eigenvalue weighted by Crippen LogP contribution is -2.38. The number of nitrogens with one attached hydrogen (secondary N) is 1. The molecule has 1 unspecified atom stereocenters. The third-order valence-electron chi connectivity index (χ3n) is 5.34. The summed E-state index contributed by atoms with van der Waals surface area (Å²) in [6.45, 7) is 3.20. The summed E-state index contributed by atoms with van der Waals surface area (Å²) in [5.74, 6) is 0.513. The topological polar surface area (TPSA) is 58.4 Å². The minimum Gasteiger partial charge on any atom is -0.348 e. The van der Waals surface area contributed by atoms with E-state index in [1.165, 1.54) is 18.4 Å². The van der Waals surface area contributed by atoms with E-state index in [4.69, 9.17) is 5.73 Å². The van der Waals surface area contributed by atoms with Crippen molar-refractivity contribution in [3.63, 3.8) is 0 Å². The largest absolute Gasteiger partial charge is 0.348 e. The van der Waals surface area contributed by atoms with Crippen molar-refractivity contribution in [3.05, 3.63) is 35.9 Å². The third-order valence-corrected chi connectivity index (χ3v) is 5.34. The van der Waals surface area contributed by atoms with Crippen molar-refractivity contribution in [2.24, 2.45) is 11.7 Å². The van der Waals surface area contributed by atoms with Gasteiger partial charge in [-0.25, -0.2) is 0 Å². The Kier molecular flexibility index (Phi) is 5.68. The van der Waals surface area contributed by atoms with E-state index in [0.717, 1.165) is 38.9 Å². The molecule has 0 aromatic heterocycles. The molecule has 1 saturated heterocycles. The summed E-state index contributed by atoms with van der Waals surface area (Å²) in [7, 11) is 0. The van der Waals surface area contributed by atoms with E-state index in [1.54, 1.807) is 0 Å². The Balaban J connectivity index is 1.61. The Morgan fingerprint density at radius 3 is 2.57 bits per heavy atom. The van der Waals surface area contributed by atoms with Crippen LogP contribution in [0.5, 0.6) is 0 Å². The van der Waals surface area contributed by atoms with Gasteiger partial charge in [0.25, 0.3) is 0 Å². The monoisotopic (exact) mass is 315 g/mol. The molecule has 3 rings (SSSR count). The maximum Gasteiger partial charge on any atom is 0.220 e. The van der Waals surface area contributed by atoms with E-state index in [-0.39, 0.29) is 18.0 Å². The first-order valence-corrected chi connectivity index (χ1v) is 9.04. The average Bonchev–Trinajstić information content (AvgIpc) is 3.20. The maximum absolute atomic E-state index is 12.5. The summed E-state index contributed by atoms with van der Waals surface area (Å²) in [4.78, 5) is 15.0. The number of carbonyl (C=O) groups excluding carboxylic acids is 1. The second-order valence-corrected chi connectivity index (χ2v) is 7.10. The summed E-state index contributed by atoms with van der Waals surface area (Å²) in [6.07, 6.45) is 6.43. The van der Waals surface area contributed by atoms with Crippen LogP contribution in [-0.4, -0.2) is 36.5 Å². The average molecular weight is 315 g/mol. The van der Waals surface area contributed by atoms with Crippen LogP contribution in [0.3, 0.4) is 0 Å². The summed E-state index contributed by atoms with van der Waals surface area (Å²) in [5.41, 5.74) is 7.31. The fourth-order valence-corrected chi connectivity index (χ4v) is 3.95. The molecule has 1 aliphatic heterocycles. The van der Waals surface area contributed by atoms with Crippen molar-refractivity contribution < 1.29 is 4.79 Å². The molecule has 126 valence electrons. The van der Waals surface area contributed by atoms with Crippen LogP contribution < -0.4 is 11.1 Å². The van der Waals surface area contributed by atoms with Crippen molar-refractivity contribution in [1.82, 2.24) is 10.2 Å². The Morgan fingerprint density at radius 2 is 1.91 bits per heavy atom. The smallest absolute Gasteiger partial charge is 0.220 e. The first-order valence-electron chi connectivity index (χ1n) is 9.04. The number of carbonyl (C=O) groups is 1. The lowest BCUT2D eigenvalue weighted by Gasteiger charge is -2.26. The van der Waals surface area contributed by atoms with E-state index in [1.807, 2.05) is 18.2 Å². The van der Waals surface area contributed by atoms with Gasteiger partial charge >= 0.3 is 0 Å². The van der Waals surface area contributed by atoms with E-state index in [9.17, 15) is 4.79 Å². The Bertz CT molecular complexity index is 499. The maximum atomic E-state index is 12.5. The Hall–Kier alpha value is -1.39. The number of benzene rings is 1. The van der Waals surface area contributed by atoms with Crippen LogP contribution in [0.4, 0.5) is 0 Å². The fourth-order valence-electron chi connectivity index (χ4n) is 3.95. The van der Waals surface area contributed by atoms with Crippen LogP contribution in [-0.2, 0) is 4.79 Å². The molecule has 1 aromatic carbocycles. The van der Waals surface area contributed by atoms with Gasteiger partial charge in [0.15, 0.2) is 0 Å². The number of rotatable bonds is 6. The molecule has 1 saturated carbocycles. The Morgan fingerprint density at radius 1 is 1.17 bits per heavy atom. The highest BCUT2D eigenvalue weighted by atomic mass is 16.1. The minimum absolute atomic E-state index is 0.0828. The highest BCUT2D eigenvalue weighted by molar-refractivity contribution is 5.76. The SMILES string of the molecule is N[C@@H]1CCC[C@H]1CC(=O)NC(CN1CCCC1)c1ccccc1. The molecule has 23 heavy (non-hydrogen) atoms. The first-order chi connectivity index (χ1) is 11.2. The molecule has 1 aromatic rings. The van der Waals surface area contributed by atoms with Crippen molar-refractivity contribution in [1.29, 1.82) is 0 Å². The van der Waals surface area contributed by atoms with Crippen molar-refractivity contribution in [2.45, 2.75) is 50.6 Å².